The zero-order valence-electron chi connectivity index (χ0n) is 7.51. The molecule has 0 bridgehead atoms. The summed E-state index contributed by atoms with van der Waals surface area (Å²) in [6.07, 6.45) is 4.27. The quantitative estimate of drug-likeness (QED) is 0.599. The van der Waals surface area contributed by atoms with Crippen molar-refractivity contribution < 1.29 is 9.59 Å². The van der Waals surface area contributed by atoms with Gasteiger partial charge in [-0.25, -0.2) is 0 Å². The van der Waals surface area contributed by atoms with E-state index in [1.807, 2.05) is 0 Å². The van der Waals surface area contributed by atoms with Crippen LogP contribution < -0.4 is 11.1 Å². The Labute approximate surface area is 76.9 Å². The summed E-state index contributed by atoms with van der Waals surface area (Å²) >= 11 is 0. The highest BCUT2D eigenvalue weighted by Gasteiger charge is 2.50. The highest BCUT2D eigenvalue weighted by atomic mass is 16.2. The van der Waals surface area contributed by atoms with Crippen LogP contribution in [0.1, 0.15) is 32.1 Å². The predicted octanol–water partition coefficient (Wildman–Crippen LogP) is -0.0794. The summed E-state index contributed by atoms with van der Waals surface area (Å²) in [6, 6.07) is 0.310. The molecular weight excluding hydrogens is 168 g/mol. The Balaban J connectivity index is 2.01. The monoisotopic (exact) mass is 182 g/mol. The van der Waals surface area contributed by atoms with Crippen molar-refractivity contribution >= 4 is 11.8 Å². The van der Waals surface area contributed by atoms with E-state index >= 15 is 0 Å². The molecule has 72 valence electrons. The number of primary amides is 1. The van der Waals surface area contributed by atoms with Crippen molar-refractivity contribution in [2.75, 3.05) is 0 Å². The van der Waals surface area contributed by atoms with E-state index in [2.05, 4.69) is 5.32 Å². The molecule has 2 fully saturated rings. The van der Waals surface area contributed by atoms with Crippen molar-refractivity contribution in [1.82, 2.24) is 5.32 Å². The first-order valence-corrected chi connectivity index (χ1v) is 4.76. The summed E-state index contributed by atoms with van der Waals surface area (Å²) in [4.78, 5) is 22.7. The van der Waals surface area contributed by atoms with E-state index in [0.717, 1.165) is 19.3 Å². The Morgan fingerprint density at radius 1 is 1.31 bits per heavy atom. The van der Waals surface area contributed by atoms with Gasteiger partial charge in [0.15, 0.2) is 0 Å². The number of nitrogens with two attached hydrogens (primary N) is 1. The second kappa shape index (κ2) is 2.72. The summed E-state index contributed by atoms with van der Waals surface area (Å²) in [6.45, 7) is 0. The molecule has 0 unspecified atom stereocenters. The fourth-order valence-electron chi connectivity index (χ4n) is 1.67. The lowest BCUT2D eigenvalue weighted by atomic mass is 9.67. The molecule has 2 rings (SSSR count). The molecule has 0 aromatic carbocycles. The third kappa shape index (κ3) is 1.30. The smallest absolute Gasteiger partial charge is 0.235 e. The van der Waals surface area contributed by atoms with Gasteiger partial charge in [0.2, 0.25) is 11.8 Å². The van der Waals surface area contributed by atoms with Crippen LogP contribution in [0.2, 0.25) is 0 Å². The van der Waals surface area contributed by atoms with Gasteiger partial charge in [-0.05, 0) is 25.7 Å². The molecular formula is C9H14N2O2. The van der Waals surface area contributed by atoms with Crippen LogP contribution >= 0.6 is 0 Å². The van der Waals surface area contributed by atoms with E-state index in [1.165, 1.54) is 0 Å². The largest absolute Gasteiger partial charge is 0.369 e. The Morgan fingerprint density at radius 3 is 2.23 bits per heavy atom. The fraction of sp³-hybridized carbons (Fsp3) is 0.778. The summed E-state index contributed by atoms with van der Waals surface area (Å²) < 4.78 is 0. The first-order valence-electron chi connectivity index (χ1n) is 4.76. The van der Waals surface area contributed by atoms with Gasteiger partial charge in [-0.15, -0.1) is 0 Å². The van der Waals surface area contributed by atoms with E-state index in [9.17, 15) is 9.59 Å². The third-order valence-corrected chi connectivity index (χ3v) is 3.03. The van der Waals surface area contributed by atoms with Crippen molar-refractivity contribution in [2.45, 2.75) is 38.1 Å². The van der Waals surface area contributed by atoms with Crippen LogP contribution in [0.5, 0.6) is 0 Å². The average molecular weight is 182 g/mol. The summed E-state index contributed by atoms with van der Waals surface area (Å²) in [5.74, 6) is -0.606. The van der Waals surface area contributed by atoms with Crippen molar-refractivity contribution in [3.05, 3.63) is 0 Å². The van der Waals surface area contributed by atoms with Gasteiger partial charge in [-0.2, -0.15) is 0 Å². The molecule has 4 heteroatoms. The molecule has 0 radical (unpaired) electrons. The van der Waals surface area contributed by atoms with E-state index < -0.39 is 11.3 Å². The van der Waals surface area contributed by atoms with Gasteiger partial charge in [0.1, 0.15) is 5.41 Å². The molecule has 2 aliphatic rings. The first kappa shape index (κ1) is 8.53. The van der Waals surface area contributed by atoms with Crippen molar-refractivity contribution in [2.24, 2.45) is 11.1 Å². The number of hydrogen-bond acceptors (Lipinski definition) is 2. The van der Waals surface area contributed by atoms with Crippen LogP contribution in [0.4, 0.5) is 0 Å². The summed E-state index contributed by atoms with van der Waals surface area (Å²) in [5, 5.41) is 2.84. The lowest BCUT2D eigenvalue weighted by Gasteiger charge is -2.36. The highest BCUT2D eigenvalue weighted by molar-refractivity contribution is 6.05. The maximum Gasteiger partial charge on any atom is 0.235 e. The van der Waals surface area contributed by atoms with Crippen LogP contribution in [-0.2, 0) is 9.59 Å². The standard InChI is InChI=1S/C9H14N2O2/c10-7(12)9(4-1-5-9)8(13)11-6-2-3-6/h6H,1-5H2,(H2,10,12)(H,11,13). The molecule has 2 aliphatic carbocycles. The van der Waals surface area contributed by atoms with Gasteiger partial charge in [0.25, 0.3) is 0 Å². The molecule has 4 nitrogen and oxygen atoms in total. The van der Waals surface area contributed by atoms with Crippen LogP contribution in [0.3, 0.4) is 0 Å². The second-order valence-electron chi connectivity index (χ2n) is 4.05. The first-order chi connectivity index (χ1) is 6.15. The average Bonchev–Trinajstić information content (AvgIpc) is 2.66. The fourth-order valence-corrected chi connectivity index (χ4v) is 1.67. The Morgan fingerprint density at radius 2 is 1.92 bits per heavy atom. The van der Waals surface area contributed by atoms with Crippen LogP contribution in [0.25, 0.3) is 0 Å². The zero-order chi connectivity index (χ0) is 9.47. The van der Waals surface area contributed by atoms with Gasteiger partial charge < -0.3 is 11.1 Å². The lowest BCUT2D eigenvalue weighted by molar-refractivity contribution is -0.147. The van der Waals surface area contributed by atoms with Gasteiger partial charge >= 0.3 is 0 Å². The van der Waals surface area contributed by atoms with Gasteiger partial charge in [0.05, 0.1) is 0 Å². The molecule has 0 saturated heterocycles. The SMILES string of the molecule is NC(=O)C1(C(=O)NC2CC2)CCC1. The van der Waals surface area contributed by atoms with Gasteiger partial charge in [0, 0.05) is 6.04 Å². The molecule has 0 aromatic rings. The lowest BCUT2D eigenvalue weighted by Crippen LogP contribution is -2.54. The molecule has 13 heavy (non-hydrogen) atoms. The summed E-state index contributed by atoms with van der Waals surface area (Å²) in [5.41, 5.74) is 4.37. The minimum absolute atomic E-state index is 0.145. The van der Waals surface area contributed by atoms with Crippen LogP contribution in [0, 0.1) is 5.41 Å². The number of carbonyl (C=O) groups is 2. The molecule has 2 saturated carbocycles. The van der Waals surface area contributed by atoms with Crippen molar-refractivity contribution in [3.8, 4) is 0 Å². The van der Waals surface area contributed by atoms with Gasteiger partial charge in [-0.3, -0.25) is 9.59 Å². The van der Waals surface area contributed by atoms with Crippen molar-refractivity contribution in [3.63, 3.8) is 0 Å². The molecule has 2 amide bonds. The number of nitrogens with one attached hydrogen (secondary N) is 1. The van der Waals surface area contributed by atoms with E-state index in [1.54, 1.807) is 0 Å². The van der Waals surface area contributed by atoms with E-state index in [0.29, 0.717) is 18.9 Å². The van der Waals surface area contributed by atoms with Crippen molar-refractivity contribution in [1.29, 1.82) is 0 Å². The maximum absolute atomic E-state index is 11.6. The molecule has 0 aromatic heterocycles. The van der Waals surface area contributed by atoms with E-state index in [-0.39, 0.29) is 5.91 Å². The maximum atomic E-state index is 11.6. The molecule has 0 spiro atoms. The molecule has 3 N–H and O–H groups in total. The van der Waals surface area contributed by atoms with Gasteiger partial charge in [-0.1, -0.05) is 6.42 Å². The minimum Gasteiger partial charge on any atom is -0.369 e. The van der Waals surface area contributed by atoms with Crippen LogP contribution in [-0.4, -0.2) is 17.9 Å². The Kier molecular flexibility index (Phi) is 1.78. The predicted molar refractivity (Wildman–Crippen MR) is 46.6 cm³/mol. The molecule has 0 heterocycles. The Hall–Kier alpha value is -1.06. The Bertz CT molecular complexity index is 254. The third-order valence-electron chi connectivity index (χ3n) is 3.03. The second-order valence-corrected chi connectivity index (χ2v) is 4.05. The normalized spacial score (nSPS) is 24.6. The highest BCUT2D eigenvalue weighted by Crippen LogP contribution is 2.41. The zero-order valence-corrected chi connectivity index (χ0v) is 7.51. The number of hydrogen-bond donors (Lipinski definition) is 2. The topological polar surface area (TPSA) is 72.2 Å². The number of rotatable bonds is 3. The van der Waals surface area contributed by atoms with E-state index in [4.69, 9.17) is 5.73 Å². The minimum atomic E-state index is -0.859. The summed E-state index contributed by atoms with van der Waals surface area (Å²) in [7, 11) is 0. The number of carbonyl (C=O) groups excluding carboxylic acids is 2. The number of amides is 2. The van der Waals surface area contributed by atoms with Crippen LogP contribution in [0.15, 0.2) is 0 Å². The molecule has 0 aliphatic heterocycles. The molecule has 0 atom stereocenters.